The van der Waals surface area contributed by atoms with Crippen molar-refractivity contribution in [2.45, 2.75) is 61.2 Å². The van der Waals surface area contributed by atoms with E-state index in [0.29, 0.717) is 0 Å². The van der Waals surface area contributed by atoms with Gasteiger partial charge in [-0.1, -0.05) is 0 Å². The van der Waals surface area contributed by atoms with Gasteiger partial charge in [-0.3, -0.25) is 0 Å². The molecule has 2 rings (SSSR count). The van der Waals surface area contributed by atoms with Gasteiger partial charge in [-0.2, -0.15) is 0 Å². The van der Waals surface area contributed by atoms with Crippen LogP contribution in [0, 0.1) is 0 Å². The van der Waals surface area contributed by atoms with E-state index >= 15 is 0 Å². The minimum absolute atomic E-state index is 0.413. The Hall–Kier alpha value is -0.440. The third-order valence-corrected chi connectivity index (χ3v) is 4.26. The summed E-state index contributed by atoms with van der Waals surface area (Å²) in [6, 6.07) is 0. The average molecular weight is 356 g/mol. The Kier molecular flexibility index (Phi) is 6.87. The zero-order valence-corrected chi connectivity index (χ0v) is 12.7. The molecule has 0 aromatic rings. The van der Waals surface area contributed by atoms with Crippen LogP contribution in [-0.4, -0.2) is 122 Å². The van der Waals surface area contributed by atoms with Gasteiger partial charge in [0.15, 0.2) is 6.29 Å². The first kappa shape index (κ1) is 19.9. The van der Waals surface area contributed by atoms with Crippen LogP contribution in [0.15, 0.2) is 0 Å². The van der Waals surface area contributed by atoms with Crippen molar-refractivity contribution >= 4 is 0 Å². The molecule has 24 heavy (non-hydrogen) atoms. The van der Waals surface area contributed by atoms with Crippen molar-refractivity contribution in [3.8, 4) is 0 Å². The second-order valence-corrected chi connectivity index (χ2v) is 5.90. The maximum Gasteiger partial charge on any atom is 0.186 e. The zero-order valence-electron chi connectivity index (χ0n) is 12.7. The van der Waals surface area contributed by atoms with E-state index in [1.165, 1.54) is 0 Å². The molecule has 1 unspecified atom stereocenters. The minimum Gasteiger partial charge on any atom is -0.394 e. The molecule has 0 aromatic heterocycles. The molecule has 2 aliphatic heterocycles. The first-order valence-corrected chi connectivity index (χ1v) is 7.54. The van der Waals surface area contributed by atoms with Gasteiger partial charge in [-0.05, 0) is 0 Å². The van der Waals surface area contributed by atoms with Crippen LogP contribution in [-0.2, 0) is 14.2 Å². The highest BCUT2D eigenvalue weighted by atomic mass is 16.7. The Labute approximate surface area is 137 Å². The van der Waals surface area contributed by atoms with E-state index in [2.05, 4.69) is 0 Å². The largest absolute Gasteiger partial charge is 0.394 e. The fourth-order valence-electron chi connectivity index (χ4n) is 2.71. The Morgan fingerprint density at radius 1 is 0.583 bits per heavy atom. The summed E-state index contributed by atoms with van der Waals surface area (Å²) >= 11 is 0. The Morgan fingerprint density at radius 3 is 1.58 bits per heavy atom. The zero-order chi connectivity index (χ0) is 18.0. The summed E-state index contributed by atoms with van der Waals surface area (Å²) < 4.78 is 15.6. The topological polar surface area (TPSA) is 190 Å². The standard InChI is InChI=1S/C13H24O11/c14-1-4-7(16)10(19)9(18)6(23-4)3-22-13-12(21)11(20)8(17)5(2-15)24-13/h4-21H,1-3H2/t4-,5-,6-,7+,8+,9+,10+,11+,12-,13?/m1/s1. The Bertz CT molecular complexity index is 356. The molecule has 0 spiro atoms. The van der Waals surface area contributed by atoms with Crippen LogP contribution in [0.25, 0.3) is 0 Å². The monoisotopic (exact) mass is 356 g/mol. The molecular formula is C13H24O11. The molecule has 0 radical (unpaired) electrons. The van der Waals surface area contributed by atoms with Crippen LogP contribution in [0.3, 0.4) is 0 Å². The molecular weight excluding hydrogens is 332 g/mol. The summed E-state index contributed by atoms with van der Waals surface area (Å²) in [6.45, 7) is -1.63. The van der Waals surface area contributed by atoms with E-state index < -0.39 is 81.0 Å². The Morgan fingerprint density at radius 2 is 1.04 bits per heavy atom. The Balaban J connectivity index is 1.96. The lowest BCUT2D eigenvalue weighted by atomic mass is 9.95. The molecule has 2 fully saturated rings. The molecule has 0 bridgehead atoms. The highest BCUT2D eigenvalue weighted by Crippen LogP contribution is 2.25. The number of aliphatic hydroxyl groups excluding tert-OH is 8. The van der Waals surface area contributed by atoms with E-state index in [1.807, 2.05) is 0 Å². The number of ether oxygens (including phenoxy) is 3. The van der Waals surface area contributed by atoms with Gasteiger partial charge in [0, 0.05) is 0 Å². The fraction of sp³-hybridized carbons (Fsp3) is 1.00. The van der Waals surface area contributed by atoms with Gasteiger partial charge >= 0.3 is 0 Å². The van der Waals surface area contributed by atoms with Gasteiger partial charge < -0.3 is 55.1 Å². The molecule has 11 heteroatoms. The van der Waals surface area contributed by atoms with Crippen LogP contribution in [0.2, 0.25) is 0 Å². The molecule has 2 heterocycles. The summed E-state index contributed by atoms with van der Waals surface area (Å²) in [5.74, 6) is 0. The normalized spacial score (nSPS) is 50.0. The number of rotatable bonds is 5. The van der Waals surface area contributed by atoms with Crippen molar-refractivity contribution in [2.75, 3.05) is 19.8 Å². The molecule has 2 aliphatic rings. The number of aliphatic hydroxyl groups is 8. The van der Waals surface area contributed by atoms with E-state index in [-0.39, 0.29) is 0 Å². The first-order chi connectivity index (χ1) is 11.3. The van der Waals surface area contributed by atoms with E-state index in [4.69, 9.17) is 24.4 Å². The minimum atomic E-state index is -1.62. The summed E-state index contributed by atoms with van der Waals surface area (Å²) in [5.41, 5.74) is 0. The van der Waals surface area contributed by atoms with Gasteiger partial charge in [0.05, 0.1) is 19.8 Å². The van der Waals surface area contributed by atoms with Gasteiger partial charge in [-0.15, -0.1) is 0 Å². The van der Waals surface area contributed by atoms with E-state index in [1.54, 1.807) is 0 Å². The lowest BCUT2D eigenvalue weighted by Gasteiger charge is -2.42. The number of hydrogen-bond donors (Lipinski definition) is 8. The van der Waals surface area contributed by atoms with Gasteiger partial charge in [-0.25, -0.2) is 0 Å². The predicted molar refractivity (Wildman–Crippen MR) is 73.5 cm³/mol. The molecule has 0 amide bonds. The van der Waals surface area contributed by atoms with Gasteiger partial charge in [0.1, 0.15) is 54.9 Å². The highest BCUT2D eigenvalue weighted by molar-refractivity contribution is 4.93. The molecule has 0 aromatic carbocycles. The lowest BCUT2D eigenvalue weighted by Crippen LogP contribution is -2.61. The number of hydrogen-bond acceptors (Lipinski definition) is 11. The van der Waals surface area contributed by atoms with E-state index in [9.17, 15) is 30.6 Å². The quantitative estimate of drug-likeness (QED) is 0.235. The third-order valence-electron chi connectivity index (χ3n) is 4.26. The van der Waals surface area contributed by atoms with Crippen molar-refractivity contribution in [3.63, 3.8) is 0 Å². The van der Waals surface area contributed by atoms with E-state index in [0.717, 1.165) is 0 Å². The van der Waals surface area contributed by atoms with Crippen molar-refractivity contribution < 1.29 is 55.1 Å². The molecule has 0 aliphatic carbocycles. The second-order valence-electron chi connectivity index (χ2n) is 5.90. The summed E-state index contributed by atoms with van der Waals surface area (Å²) in [4.78, 5) is 0. The van der Waals surface area contributed by atoms with Crippen LogP contribution in [0.5, 0.6) is 0 Å². The van der Waals surface area contributed by atoms with Crippen LogP contribution in [0.1, 0.15) is 0 Å². The molecule has 142 valence electrons. The smallest absolute Gasteiger partial charge is 0.186 e. The third kappa shape index (κ3) is 3.86. The molecule has 0 saturated carbocycles. The maximum absolute atomic E-state index is 9.88. The van der Waals surface area contributed by atoms with Crippen molar-refractivity contribution in [1.29, 1.82) is 0 Å². The molecule has 10 atom stereocenters. The molecule has 8 N–H and O–H groups in total. The lowest BCUT2D eigenvalue weighted by molar-refractivity contribution is -0.314. The molecule has 2 saturated heterocycles. The SMILES string of the molecule is OC[C@H]1O[C@H](COC2O[C@H](CO)[C@H](O)[C@H](O)[C@H]2O)[C@H](O)[C@@H](O)[C@H]1O. The maximum atomic E-state index is 9.88. The summed E-state index contributed by atoms with van der Waals surface area (Å²) in [5, 5.41) is 76.6. The van der Waals surface area contributed by atoms with Crippen molar-refractivity contribution in [3.05, 3.63) is 0 Å². The van der Waals surface area contributed by atoms with Crippen molar-refractivity contribution in [2.24, 2.45) is 0 Å². The van der Waals surface area contributed by atoms with Crippen LogP contribution >= 0.6 is 0 Å². The second kappa shape index (κ2) is 8.29. The average Bonchev–Trinajstić information content (AvgIpc) is 2.58. The highest BCUT2D eigenvalue weighted by Gasteiger charge is 2.46. The van der Waals surface area contributed by atoms with Crippen LogP contribution in [0.4, 0.5) is 0 Å². The predicted octanol–water partition coefficient (Wildman–Crippen LogP) is -5.35. The van der Waals surface area contributed by atoms with Crippen LogP contribution < -0.4 is 0 Å². The first-order valence-electron chi connectivity index (χ1n) is 7.54. The van der Waals surface area contributed by atoms with Gasteiger partial charge in [0.25, 0.3) is 0 Å². The van der Waals surface area contributed by atoms with Gasteiger partial charge in [0.2, 0.25) is 0 Å². The van der Waals surface area contributed by atoms with Crippen molar-refractivity contribution in [1.82, 2.24) is 0 Å². The summed E-state index contributed by atoms with van der Waals surface area (Å²) in [6.07, 6.45) is -14.2. The summed E-state index contributed by atoms with van der Waals surface area (Å²) in [7, 11) is 0. The fourth-order valence-corrected chi connectivity index (χ4v) is 2.71. The molecule has 11 nitrogen and oxygen atoms in total.